The third kappa shape index (κ3) is 4.44. The van der Waals surface area contributed by atoms with E-state index in [0.29, 0.717) is 11.4 Å². The van der Waals surface area contributed by atoms with Gasteiger partial charge in [-0.1, -0.05) is 18.2 Å². The highest BCUT2D eigenvalue weighted by Gasteiger charge is 2.32. The molecule has 10 heteroatoms. The van der Waals surface area contributed by atoms with Gasteiger partial charge in [0.05, 0.1) is 28.5 Å². The first-order chi connectivity index (χ1) is 16.1. The van der Waals surface area contributed by atoms with Crippen molar-refractivity contribution in [3.63, 3.8) is 0 Å². The van der Waals surface area contributed by atoms with E-state index in [0.717, 1.165) is 0 Å². The molecule has 0 aliphatic carbocycles. The molecule has 180 valence electrons. The number of nitrogens with zero attached hydrogens (tertiary/aromatic N) is 3. The van der Waals surface area contributed by atoms with Gasteiger partial charge in [0.15, 0.2) is 0 Å². The Balaban J connectivity index is 1.56. The molecule has 0 bridgehead atoms. The van der Waals surface area contributed by atoms with Gasteiger partial charge in [0.25, 0.3) is 11.5 Å². The van der Waals surface area contributed by atoms with Crippen LogP contribution in [0.25, 0.3) is 5.69 Å². The molecule has 1 fully saturated rings. The Kier molecular flexibility index (Phi) is 6.48. The standard InChI is InChI=1S/C24H28N4O5S/c1-16-14-27(15-17(2)33-16)34(31,32)21-12-10-19(11-13-21)23(29)25-22-18(3)26(4)28(24(22)30)20-8-6-5-7-9-20/h5-13,16-17H,14-15H2,1-4H3,(H,25,29)/t16-,17-/m1/s1. The monoisotopic (exact) mass is 484 g/mol. The summed E-state index contributed by atoms with van der Waals surface area (Å²) < 4.78 is 36.3. The minimum Gasteiger partial charge on any atom is -0.373 e. The molecule has 0 spiro atoms. The highest BCUT2D eigenvalue weighted by atomic mass is 32.2. The molecule has 0 saturated carbocycles. The van der Waals surface area contributed by atoms with Gasteiger partial charge < -0.3 is 10.1 Å². The van der Waals surface area contributed by atoms with E-state index in [-0.39, 0.29) is 47.0 Å². The first kappa shape index (κ1) is 23.9. The van der Waals surface area contributed by atoms with Crippen LogP contribution in [0.5, 0.6) is 0 Å². The van der Waals surface area contributed by atoms with Crippen molar-refractivity contribution >= 4 is 21.6 Å². The minimum absolute atomic E-state index is 0.104. The number of carbonyl (C=O) groups is 1. The molecule has 1 amide bonds. The fourth-order valence-electron chi connectivity index (χ4n) is 4.15. The van der Waals surface area contributed by atoms with E-state index in [2.05, 4.69) is 5.32 Å². The van der Waals surface area contributed by atoms with Gasteiger partial charge in [-0.05, 0) is 57.2 Å². The molecule has 34 heavy (non-hydrogen) atoms. The Morgan fingerprint density at radius 2 is 1.59 bits per heavy atom. The molecule has 2 atom stereocenters. The van der Waals surface area contributed by atoms with Crippen LogP contribution in [0, 0.1) is 6.92 Å². The van der Waals surface area contributed by atoms with E-state index in [1.807, 2.05) is 44.2 Å². The van der Waals surface area contributed by atoms with Crippen molar-refractivity contribution in [1.82, 2.24) is 13.7 Å². The number of para-hydroxylation sites is 1. The summed E-state index contributed by atoms with van der Waals surface area (Å²) in [6.07, 6.45) is -0.393. The van der Waals surface area contributed by atoms with Crippen molar-refractivity contribution in [1.29, 1.82) is 0 Å². The zero-order valence-corrected chi connectivity index (χ0v) is 20.4. The van der Waals surface area contributed by atoms with E-state index in [1.54, 1.807) is 18.7 Å². The number of benzene rings is 2. The van der Waals surface area contributed by atoms with Crippen molar-refractivity contribution in [2.24, 2.45) is 7.05 Å². The molecule has 1 aromatic heterocycles. The molecule has 1 saturated heterocycles. The van der Waals surface area contributed by atoms with Gasteiger partial charge >= 0.3 is 0 Å². The highest BCUT2D eigenvalue weighted by molar-refractivity contribution is 7.89. The maximum absolute atomic E-state index is 13.0. The van der Waals surface area contributed by atoms with E-state index >= 15 is 0 Å². The zero-order valence-electron chi connectivity index (χ0n) is 19.6. The third-order valence-corrected chi connectivity index (χ3v) is 7.78. The van der Waals surface area contributed by atoms with Crippen molar-refractivity contribution < 1.29 is 17.9 Å². The van der Waals surface area contributed by atoms with Crippen LogP contribution in [0.2, 0.25) is 0 Å². The number of nitrogens with one attached hydrogen (secondary N) is 1. The quantitative estimate of drug-likeness (QED) is 0.600. The van der Waals surface area contributed by atoms with Crippen LogP contribution < -0.4 is 10.9 Å². The normalized spacial score (nSPS) is 19.2. The number of amides is 1. The molecule has 0 unspecified atom stereocenters. The van der Waals surface area contributed by atoms with Gasteiger partial charge in [-0.15, -0.1) is 0 Å². The van der Waals surface area contributed by atoms with Crippen molar-refractivity contribution in [3.8, 4) is 5.69 Å². The SMILES string of the molecule is Cc1c(NC(=O)c2ccc(S(=O)(=O)N3C[C@@H](C)O[C@H](C)C3)cc2)c(=O)n(-c2ccccc2)n1C. The molecule has 2 heterocycles. The highest BCUT2D eigenvalue weighted by Crippen LogP contribution is 2.22. The number of carbonyl (C=O) groups excluding carboxylic acids is 1. The lowest BCUT2D eigenvalue weighted by Gasteiger charge is -2.34. The maximum Gasteiger partial charge on any atom is 0.295 e. The van der Waals surface area contributed by atoms with Gasteiger partial charge in [0.2, 0.25) is 10.0 Å². The predicted octanol–water partition coefficient (Wildman–Crippen LogP) is 2.53. The van der Waals surface area contributed by atoms with Gasteiger partial charge in [-0.3, -0.25) is 14.3 Å². The number of aromatic nitrogens is 2. The number of hydrogen-bond donors (Lipinski definition) is 1. The van der Waals surface area contributed by atoms with Crippen molar-refractivity contribution in [2.45, 2.75) is 37.9 Å². The Bertz CT molecular complexity index is 1350. The molecule has 1 aliphatic heterocycles. The summed E-state index contributed by atoms with van der Waals surface area (Å²) in [5.41, 5.74) is 1.34. The summed E-state index contributed by atoms with van der Waals surface area (Å²) >= 11 is 0. The van der Waals surface area contributed by atoms with Crippen LogP contribution in [0.3, 0.4) is 0 Å². The van der Waals surface area contributed by atoms with Gasteiger partial charge in [-0.25, -0.2) is 13.1 Å². The zero-order chi connectivity index (χ0) is 24.6. The second kappa shape index (κ2) is 9.21. The lowest BCUT2D eigenvalue weighted by Crippen LogP contribution is -2.48. The number of rotatable bonds is 5. The summed E-state index contributed by atoms with van der Waals surface area (Å²) in [4.78, 5) is 26.0. The van der Waals surface area contributed by atoms with Crippen LogP contribution in [-0.4, -0.2) is 53.3 Å². The fraction of sp³-hybridized carbons (Fsp3) is 0.333. The van der Waals surface area contributed by atoms with Crippen LogP contribution in [0.1, 0.15) is 29.9 Å². The number of anilines is 1. The largest absolute Gasteiger partial charge is 0.373 e. The minimum atomic E-state index is -3.71. The van der Waals surface area contributed by atoms with Crippen LogP contribution in [-0.2, 0) is 21.8 Å². The second-order valence-electron chi connectivity index (χ2n) is 8.49. The summed E-state index contributed by atoms with van der Waals surface area (Å²) in [6, 6.07) is 14.9. The average Bonchev–Trinajstić information content (AvgIpc) is 3.02. The lowest BCUT2D eigenvalue weighted by molar-refractivity contribution is -0.0440. The van der Waals surface area contributed by atoms with E-state index in [4.69, 9.17) is 4.74 Å². The molecule has 1 aliphatic rings. The molecular weight excluding hydrogens is 456 g/mol. The summed E-state index contributed by atoms with van der Waals surface area (Å²) in [5, 5.41) is 2.69. The van der Waals surface area contributed by atoms with Crippen LogP contribution >= 0.6 is 0 Å². The van der Waals surface area contributed by atoms with Crippen LogP contribution in [0.15, 0.2) is 64.3 Å². The summed E-state index contributed by atoms with van der Waals surface area (Å²) in [7, 11) is -1.97. The van der Waals surface area contributed by atoms with Gasteiger partial charge in [0, 0.05) is 25.7 Å². The topological polar surface area (TPSA) is 103 Å². The average molecular weight is 485 g/mol. The number of hydrogen-bond acceptors (Lipinski definition) is 5. The Morgan fingerprint density at radius 3 is 2.18 bits per heavy atom. The smallest absolute Gasteiger partial charge is 0.295 e. The molecule has 2 aromatic carbocycles. The van der Waals surface area contributed by atoms with E-state index in [1.165, 1.54) is 33.3 Å². The molecule has 3 aromatic rings. The molecule has 1 N–H and O–H groups in total. The summed E-state index contributed by atoms with van der Waals surface area (Å²) in [6.45, 7) is 5.97. The lowest BCUT2D eigenvalue weighted by atomic mass is 10.2. The van der Waals surface area contributed by atoms with Crippen LogP contribution in [0.4, 0.5) is 5.69 Å². The maximum atomic E-state index is 13.0. The fourth-order valence-corrected chi connectivity index (χ4v) is 5.74. The predicted molar refractivity (Wildman–Crippen MR) is 129 cm³/mol. The third-order valence-electron chi connectivity index (χ3n) is 5.93. The molecule has 9 nitrogen and oxygen atoms in total. The van der Waals surface area contributed by atoms with E-state index < -0.39 is 15.9 Å². The number of sulfonamides is 1. The van der Waals surface area contributed by atoms with E-state index in [9.17, 15) is 18.0 Å². The van der Waals surface area contributed by atoms with Crippen molar-refractivity contribution in [3.05, 3.63) is 76.2 Å². The van der Waals surface area contributed by atoms with Gasteiger partial charge in [0.1, 0.15) is 5.69 Å². The molecule has 0 radical (unpaired) electrons. The molecule has 4 rings (SSSR count). The van der Waals surface area contributed by atoms with Crippen molar-refractivity contribution in [2.75, 3.05) is 18.4 Å². The van der Waals surface area contributed by atoms with Gasteiger partial charge in [-0.2, -0.15) is 4.31 Å². The second-order valence-corrected chi connectivity index (χ2v) is 10.4. The Morgan fingerprint density at radius 1 is 1.00 bits per heavy atom. The summed E-state index contributed by atoms with van der Waals surface area (Å²) in [5.74, 6) is -0.497. The first-order valence-electron chi connectivity index (χ1n) is 11.0. The first-order valence-corrected chi connectivity index (χ1v) is 12.4. The number of ether oxygens (including phenoxy) is 1. The number of morpholine rings is 1. The Labute approximate surface area is 198 Å². The Hall–Kier alpha value is -3.21. The molecular formula is C24H28N4O5S.